The first-order chi connectivity index (χ1) is 6.86. The molecule has 0 saturated carbocycles. The predicted octanol–water partition coefficient (Wildman–Crippen LogP) is 2.16. The summed E-state index contributed by atoms with van der Waals surface area (Å²) in [5.74, 6) is 0. The summed E-state index contributed by atoms with van der Waals surface area (Å²) in [6.07, 6.45) is 3.10. The molecule has 0 amide bonds. The van der Waals surface area contributed by atoms with E-state index in [1.807, 2.05) is 0 Å². The minimum atomic E-state index is 0.716. The quantitative estimate of drug-likeness (QED) is 0.786. The summed E-state index contributed by atoms with van der Waals surface area (Å²) < 4.78 is 2.28. The van der Waals surface area contributed by atoms with Gasteiger partial charge >= 0.3 is 0 Å². The Balaban J connectivity index is 2.62. The number of rotatable bonds is 3. The van der Waals surface area contributed by atoms with E-state index in [9.17, 15) is 0 Å². The lowest BCUT2D eigenvalue weighted by molar-refractivity contribution is 0.791. The first-order valence-electron chi connectivity index (χ1n) is 5.13. The number of nitrogens with zero attached hydrogens (tertiary/aromatic N) is 1. The molecule has 2 nitrogen and oxygen atoms in total. The fraction of sp³-hybridized carbons (Fsp3) is 0.333. The smallest absolute Gasteiger partial charge is 0.0513 e. The zero-order chi connectivity index (χ0) is 9.97. The van der Waals surface area contributed by atoms with Gasteiger partial charge in [0.2, 0.25) is 0 Å². The number of aromatic nitrogens is 1. The lowest BCUT2D eigenvalue weighted by atomic mass is 10.1. The Labute approximate surface area is 84.3 Å². The monoisotopic (exact) mass is 188 g/mol. The highest BCUT2D eigenvalue weighted by Crippen LogP contribution is 2.20. The first-order valence-corrected chi connectivity index (χ1v) is 5.13. The summed E-state index contributed by atoms with van der Waals surface area (Å²) in [5.41, 5.74) is 8.31. The molecule has 0 bridgehead atoms. The van der Waals surface area contributed by atoms with Gasteiger partial charge in [-0.25, -0.2) is 0 Å². The summed E-state index contributed by atoms with van der Waals surface area (Å²) in [6.45, 7) is 3.90. The fourth-order valence-electron chi connectivity index (χ4n) is 1.96. The van der Waals surface area contributed by atoms with Crippen molar-refractivity contribution in [3.8, 4) is 0 Å². The third kappa shape index (κ3) is 1.42. The van der Waals surface area contributed by atoms with E-state index in [0.717, 1.165) is 13.0 Å². The van der Waals surface area contributed by atoms with Gasteiger partial charge in [0.15, 0.2) is 0 Å². The number of hydrogen-bond donors (Lipinski definition) is 1. The van der Waals surface area contributed by atoms with Crippen LogP contribution in [-0.4, -0.2) is 11.1 Å². The van der Waals surface area contributed by atoms with Gasteiger partial charge in [-0.05, 0) is 36.9 Å². The standard InChI is InChI=1S/C12H16N2/c1-2-14-9-7-11-5-3-4-10(6-8-13)12(11)14/h3-5,7,9H,2,6,8,13H2,1H3. The fourth-order valence-corrected chi connectivity index (χ4v) is 1.96. The Morgan fingerprint density at radius 1 is 1.29 bits per heavy atom. The van der Waals surface area contributed by atoms with E-state index >= 15 is 0 Å². The van der Waals surface area contributed by atoms with Crippen LogP contribution in [0.4, 0.5) is 0 Å². The molecule has 0 saturated heterocycles. The molecule has 1 aromatic heterocycles. The Kier molecular flexibility index (Phi) is 2.55. The molecule has 1 aromatic carbocycles. The molecule has 0 fully saturated rings. The lowest BCUT2D eigenvalue weighted by Crippen LogP contribution is -2.04. The van der Waals surface area contributed by atoms with E-state index in [1.165, 1.54) is 16.5 Å². The van der Waals surface area contributed by atoms with Crippen LogP contribution in [0.25, 0.3) is 10.9 Å². The third-order valence-electron chi connectivity index (χ3n) is 2.63. The molecular formula is C12H16N2. The SMILES string of the molecule is CCn1ccc2cccc(CCN)c21. The van der Waals surface area contributed by atoms with E-state index in [2.05, 4.69) is 42.0 Å². The molecule has 0 aliphatic heterocycles. The highest BCUT2D eigenvalue weighted by molar-refractivity contribution is 5.83. The molecule has 0 radical (unpaired) electrons. The normalized spacial score (nSPS) is 11.0. The van der Waals surface area contributed by atoms with Gasteiger partial charge in [0.25, 0.3) is 0 Å². The van der Waals surface area contributed by atoms with Crippen LogP contribution in [0.3, 0.4) is 0 Å². The van der Waals surface area contributed by atoms with Crippen molar-refractivity contribution in [1.29, 1.82) is 0 Å². The highest BCUT2D eigenvalue weighted by Gasteiger charge is 2.03. The highest BCUT2D eigenvalue weighted by atomic mass is 14.9. The zero-order valence-corrected chi connectivity index (χ0v) is 8.53. The second kappa shape index (κ2) is 3.84. The molecule has 2 heteroatoms. The Hall–Kier alpha value is -1.28. The van der Waals surface area contributed by atoms with Crippen molar-refractivity contribution in [2.45, 2.75) is 19.9 Å². The minimum absolute atomic E-state index is 0.716. The van der Waals surface area contributed by atoms with E-state index < -0.39 is 0 Å². The number of benzene rings is 1. The summed E-state index contributed by atoms with van der Waals surface area (Å²) >= 11 is 0. The van der Waals surface area contributed by atoms with Crippen molar-refractivity contribution >= 4 is 10.9 Å². The van der Waals surface area contributed by atoms with Crippen LogP contribution in [0.1, 0.15) is 12.5 Å². The molecule has 0 unspecified atom stereocenters. The first kappa shape index (κ1) is 9.28. The average Bonchev–Trinajstić information content (AvgIpc) is 2.62. The molecule has 0 atom stereocenters. The van der Waals surface area contributed by atoms with E-state index in [1.54, 1.807) is 0 Å². The van der Waals surface area contributed by atoms with Gasteiger partial charge in [-0.3, -0.25) is 0 Å². The molecule has 2 aromatic rings. The largest absolute Gasteiger partial charge is 0.348 e. The molecular weight excluding hydrogens is 172 g/mol. The van der Waals surface area contributed by atoms with E-state index in [4.69, 9.17) is 5.73 Å². The maximum Gasteiger partial charge on any atom is 0.0513 e. The van der Waals surface area contributed by atoms with E-state index in [-0.39, 0.29) is 0 Å². The minimum Gasteiger partial charge on any atom is -0.348 e. The van der Waals surface area contributed by atoms with Crippen molar-refractivity contribution < 1.29 is 0 Å². The van der Waals surface area contributed by atoms with Crippen molar-refractivity contribution in [2.75, 3.05) is 6.54 Å². The molecule has 2 rings (SSSR count). The topological polar surface area (TPSA) is 30.9 Å². The summed E-state index contributed by atoms with van der Waals surface area (Å²) in [7, 11) is 0. The van der Waals surface area contributed by atoms with Crippen LogP contribution in [0, 0.1) is 0 Å². The molecule has 74 valence electrons. The second-order valence-electron chi connectivity index (χ2n) is 3.50. The average molecular weight is 188 g/mol. The molecule has 0 aliphatic rings. The van der Waals surface area contributed by atoms with Gasteiger partial charge in [0, 0.05) is 12.7 Å². The van der Waals surface area contributed by atoms with E-state index in [0.29, 0.717) is 6.54 Å². The molecule has 1 heterocycles. The van der Waals surface area contributed by atoms with Gasteiger partial charge in [-0.2, -0.15) is 0 Å². The van der Waals surface area contributed by atoms with Crippen LogP contribution in [-0.2, 0) is 13.0 Å². The van der Waals surface area contributed by atoms with Crippen LogP contribution >= 0.6 is 0 Å². The van der Waals surface area contributed by atoms with Gasteiger partial charge in [-0.15, -0.1) is 0 Å². The van der Waals surface area contributed by atoms with Crippen molar-refractivity contribution in [1.82, 2.24) is 4.57 Å². The lowest BCUT2D eigenvalue weighted by Gasteiger charge is -2.06. The number of fused-ring (bicyclic) bond motifs is 1. The number of hydrogen-bond acceptors (Lipinski definition) is 1. The summed E-state index contributed by atoms with van der Waals surface area (Å²) in [6, 6.07) is 8.59. The van der Waals surface area contributed by atoms with Gasteiger partial charge in [-0.1, -0.05) is 18.2 Å². The summed E-state index contributed by atoms with van der Waals surface area (Å²) in [4.78, 5) is 0. The second-order valence-corrected chi connectivity index (χ2v) is 3.50. The predicted molar refractivity (Wildman–Crippen MR) is 60.4 cm³/mol. The van der Waals surface area contributed by atoms with Gasteiger partial charge in [0.1, 0.15) is 0 Å². The molecule has 2 N–H and O–H groups in total. The van der Waals surface area contributed by atoms with Gasteiger partial charge < -0.3 is 10.3 Å². The van der Waals surface area contributed by atoms with Crippen molar-refractivity contribution in [2.24, 2.45) is 5.73 Å². The van der Waals surface area contributed by atoms with Crippen LogP contribution in [0.15, 0.2) is 30.5 Å². The Morgan fingerprint density at radius 3 is 2.86 bits per heavy atom. The number of para-hydroxylation sites is 1. The molecule has 0 spiro atoms. The maximum atomic E-state index is 5.60. The molecule has 14 heavy (non-hydrogen) atoms. The number of nitrogens with two attached hydrogens (primary N) is 1. The van der Waals surface area contributed by atoms with Gasteiger partial charge in [0.05, 0.1) is 5.52 Å². The van der Waals surface area contributed by atoms with Crippen LogP contribution < -0.4 is 5.73 Å². The molecule has 0 aliphatic carbocycles. The van der Waals surface area contributed by atoms with Crippen molar-refractivity contribution in [3.63, 3.8) is 0 Å². The number of aryl methyl sites for hydroxylation is 1. The van der Waals surface area contributed by atoms with Crippen molar-refractivity contribution in [3.05, 3.63) is 36.0 Å². The maximum absolute atomic E-state index is 5.60. The Bertz CT molecular complexity index is 429. The van der Waals surface area contributed by atoms with Crippen LogP contribution in [0.2, 0.25) is 0 Å². The Morgan fingerprint density at radius 2 is 2.14 bits per heavy atom. The summed E-state index contributed by atoms with van der Waals surface area (Å²) in [5, 5.41) is 1.32. The van der Waals surface area contributed by atoms with Crippen LogP contribution in [0.5, 0.6) is 0 Å². The third-order valence-corrected chi connectivity index (χ3v) is 2.63. The zero-order valence-electron chi connectivity index (χ0n) is 8.53.